The van der Waals surface area contributed by atoms with Crippen LogP contribution in [0.1, 0.15) is 48.3 Å². The van der Waals surface area contributed by atoms with Crippen molar-refractivity contribution in [2.24, 2.45) is 5.92 Å². The normalized spacial score (nSPS) is 14.4. The number of carbonyl (C=O) groups excluding carboxylic acids is 1. The maximum Gasteiger partial charge on any atom is 0.291 e. The predicted molar refractivity (Wildman–Crippen MR) is 107 cm³/mol. The van der Waals surface area contributed by atoms with Crippen molar-refractivity contribution in [2.45, 2.75) is 39.3 Å². The SMILES string of the molecule is CC(C)Cn1c(O)c(C(=O)NC2CC2)c(=O)n2ncc(/C=C/c3cscn3)c12. The van der Waals surface area contributed by atoms with Crippen LogP contribution in [-0.2, 0) is 6.54 Å². The number of thiazole rings is 1. The Labute approximate surface area is 165 Å². The van der Waals surface area contributed by atoms with E-state index in [-0.39, 0.29) is 23.4 Å². The zero-order chi connectivity index (χ0) is 19.8. The molecule has 8 nitrogen and oxygen atoms in total. The Morgan fingerprint density at radius 1 is 1.43 bits per heavy atom. The highest BCUT2D eigenvalue weighted by molar-refractivity contribution is 7.07. The molecule has 9 heteroatoms. The molecule has 2 N–H and O–H groups in total. The maximum atomic E-state index is 12.9. The summed E-state index contributed by atoms with van der Waals surface area (Å²) in [6.45, 7) is 4.43. The van der Waals surface area contributed by atoms with E-state index in [1.54, 1.807) is 22.4 Å². The highest BCUT2D eigenvalue weighted by Crippen LogP contribution is 2.25. The molecule has 1 fully saturated rings. The van der Waals surface area contributed by atoms with E-state index in [2.05, 4.69) is 15.4 Å². The van der Waals surface area contributed by atoms with Gasteiger partial charge in [-0.15, -0.1) is 11.3 Å². The zero-order valence-corrected chi connectivity index (χ0v) is 16.4. The smallest absolute Gasteiger partial charge is 0.291 e. The number of hydrogen-bond acceptors (Lipinski definition) is 6. The number of rotatable bonds is 6. The van der Waals surface area contributed by atoms with Crippen molar-refractivity contribution in [1.82, 2.24) is 24.5 Å². The first kappa shape index (κ1) is 18.4. The minimum atomic E-state index is -0.626. The van der Waals surface area contributed by atoms with Crippen molar-refractivity contribution < 1.29 is 9.90 Å². The average Bonchev–Trinajstić information content (AvgIpc) is 3.14. The summed E-state index contributed by atoms with van der Waals surface area (Å²) in [7, 11) is 0. The van der Waals surface area contributed by atoms with Crippen LogP contribution in [-0.4, -0.2) is 36.2 Å². The van der Waals surface area contributed by atoms with E-state index in [0.29, 0.717) is 17.8 Å². The highest BCUT2D eigenvalue weighted by Gasteiger charge is 2.29. The first-order valence-corrected chi connectivity index (χ1v) is 10.1. The van der Waals surface area contributed by atoms with Crippen LogP contribution in [0.3, 0.4) is 0 Å². The fraction of sp³-hybridized carbons (Fsp3) is 0.368. The summed E-state index contributed by atoms with van der Waals surface area (Å²) in [5.74, 6) is -0.700. The van der Waals surface area contributed by atoms with Crippen LogP contribution in [0, 0.1) is 5.92 Å². The lowest BCUT2D eigenvalue weighted by Gasteiger charge is -2.17. The molecule has 1 amide bonds. The van der Waals surface area contributed by atoms with Crippen LogP contribution < -0.4 is 10.9 Å². The standard InChI is InChI=1S/C19H21N5O3S/c1-11(2)8-23-17-12(3-4-14-9-28-10-20-14)7-21-24(17)19(27)15(18(23)26)16(25)22-13-5-6-13/h3-4,7,9-11,13,26H,5-6,8H2,1-2H3,(H,22,25)/b4-3+. The summed E-state index contributed by atoms with van der Waals surface area (Å²) < 4.78 is 2.77. The first-order valence-electron chi connectivity index (χ1n) is 9.16. The Morgan fingerprint density at radius 2 is 2.21 bits per heavy atom. The van der Waals surface area contributed by atoms with Crippen LogP contribution in [0.25, 0.3) is 17.8 Å². The molecule has 1 saturated carbocycles. The van der Waals surface area contributed by atoms with Gasteiger partial charge in [-0.2, -0.15) is 9.61 Å². The van der Waals surface area contributed by atoms with Crippen LogP contribution in [0.4, 0.5) is 0 Å². The molecule has 146 valence electrons. The van der Waals surface area contributed by atoms with Gasteiger partial charge >= 0.3 is 0 Å². The molecule has 0 spiro atoms. The lowest BCUT2D eigenvalue weighted by atomic mass is 10.2. The predicted octanol–water partition coefficient (Wildman–Crippen LogP) is 2.38. The molecule has 28 heavy (non-hydrogen) atoms. The molecule has 1 aliphatic rings. The topological polar surface area (TPSA) is 102 Å². The van der Waals surface area contributed by atoms with Crippen molar-refractivity contribution >= 4 is 35.0 Å². The molecular formula is C19H21N5O3S. The second-order valence-corrected chi connectivity index (χ2v) is 8.06. The van der Waals surface area contributed by atoms with Gasteiger partial charge in [-0.3, -0.25) is 14.2 Å². The van der Waals surface area contributed by atoms with E-state index in [1.807, 2.05) is 25.3 Å². The molecule has 0 saturated heterocycles. The lowest BCUT2D eigenvalue weighted by Crippen LogP contribution is -2.34. The molecule has 0 atom stereocenters. The fourth-order valence-corrected chi connectivity index (χ4v) is 3.55. The minimum absolute atomic E-state index is 0.0785. The van der Waals surface area contributed by atoms with Crippen LogP contribution in [0.15, 0.2) is 21.9 Å². The molecule has 3 aromatic rings. The quantitative estimate of drug-likeness (QED) is 0.663. The highest BCUT2D eigenvalue weighted by atomic mass is 32.1. The molecule has 0 bridgehead atoms. The molecule has 0 radical (unpaired) electrons. The van der Waals surface area contributed by atoms with E-state index >= 15 is 0 Å². The largest absolute Gasteiger partial charge is 0.494 e. The van der Waals surface area contributed by atoms with Crippen molar-refractivity contribution in [3.8, 4) is 5.88 Å². The number of aromatic nitrogens is 4. The van der Waals surface area contributed by atoms with E-state index in [1.165, 1.54) is 15.9 Å². The van der Waals surface area contributed by atoms with Gasteiger partial charge in [0.1, 0.15) is 5.65 Å². The Hall–Kier alpha value is -2.94. The maximum absolute atomic E-state index is 12.9. The molecule has 0 unspecified atom stereocenters. The summed E-state index contributed by atoms with van der Waals surface area (Å²) in [6.07, 6.45) is 6.96. The van der Waals surface area contributed by atoms with Gasteiger partial charge in [0.05, 0.1) is 17.4 Å². The monoisotopic (exact) mass is 399 g/mol. The molecule has 3 heterocycles. The van der Waals surface area contributed by atoms with Gasteiger partial charge in [0.2, 0.25) is 5.88 Å². The van der Waals surface area contributed by atoms with E-state index in [0.717, 1.165) is 18.5 Å². The third kappa shape index (κ3) is 3.45. The van der Waals surface area contributed by atoms with E-state index in [4.69, 9.17) is 0 Å². The fourth-order valence-electron chi connectivity index (χ4n) is 3.03. The number of nitrogens with one attached hydrogen (secondary N) is 1. The number of carbonyl (C=O) groups is 1. The van der Waals surface area contributed by atoms with Crippen molar-refractivity contribution in [3.63, 3.8) is 0 Å². The minimum Gasteiger partial charge on any atom is -0.494 e. The number of aromatic hydroxyl groups is 1. The number of fused-ring (bicyclic) bond motifs is 1. The molecule has 1 aliphatic carbocycles. The Balaban J connectivity index is 1.87. The molecular weight excluding hydrogens is 378 g/mol. The summed E-state index contributed by atoms with van der Waals surface area (Å²) in [5.41, 5.74) is 2.76. The van der Waals surface area contributed by atoms with Crippen LogP contribution in [0.2, 0.25) is 0 Å². The molecule has 0 aromatic carbocycles. The Bertz CT molecular complexity index is 1110. The van der Waals surface area contributed by atoms with Gasteiger partial charge in [-0.1, -0.05) is 13.8 Å². The van der Waals surface area contributed by atoms with E-state index < -0.39 is 11.5 Å². The lowest BCUT2D eigenvalue weighted by molar-refractivity contribution is 0.0944. The summed E-state index contributed by atoms with van der Waals surface area (Å²) in [5, 5.41) is 19.7. The van der Waals surface area contributed by atoms with Gasteiger partial charge < -0.3 is 10.4 Å². The van der Waals surface area contributed by atoms with Crippen LogP contribution >= 0.6 is 11.3 Å². The van der Waals surface area contributed by atoms with Gasteiger partial charge in [-0.05, 0) is 30.9 Å². The van der Waals surface area contributed by atoms with Gasteiger partial charge in [0.25, 0.3) is 11.5 Å². The third-order valence-corrected chi connectivity index (χ3v) is 5.09. The average molecular weight is 399 g/mol. The Morgan fingerprint density at radius 3 is 2.86 bits per heavy atom. The second kappa shape index (κ2) is 7.23. The summed E-state index contributed by atoms with van der Waals surface area (Å²) >= 11 is 1.49. The van der Waals surface area contributed by atoms with Gasteiger partial charge in [-0.25, -0.2) is 4.98 Å². The van der Waals surface area contributed by atoms with Gasteiger partial charge in [0, 0.05) is 23.5 Å². The molecule has 4 rings (SSSR count). The number of amides is 1. The Kier molecular flexibility index (Phi) is 4.76. The summed E-state index contributed by atoms with van der Waals surface area (Å²) in [4.78, 5) is 29.7. The number of nitrogens with zero attached hydrogens (tertiary/aromatic N) is 4. The summed E-state index contributed by atoms with van der Waals surface area (Å²) in [6, 6.07) is 0.0785. The number of hydrogen-bond donors (Lipinski definition) is 2. The molecule has 3 aromatic heterocycles. The first-order chi connectivity index (χ1) is 13.5. The van der Waals surface area contributed by atoms with E-state index in [9.17, 15) is 14.7 Å². The van der Waals surface area contributed by atoms with Crippen molar-refractivity contribution in [2.75, 3.05) is 0 Å². The molecule has 0 aliphatic heterocycles. The zero-order valence-electron chi connectivity index (χ0n) is 15.6. The second-order valence-electron chi connectivity index (χ2n) is 7.34. The van der Waals surface area contributed by atoms with Crippen molar-refractivity contribution in [1.29, 1.82) is 0 Å². The van der Waals surface area contributed by atoms with Crippen molar-refractivity contribution in [3.05, 3.63) is 44.3 Å². The van der Waals surface area contributed by atoms with Gasteiger partial charge in [0.15, 0.2) is 5.56 Å². The van der Waals surface area contributed by atoms with Crippen LogP contribution in [0.5, 0.6) is 5.88 Å². The third-order valence-electron chi connectivity index (χ3n) is 4.48.